The summed E-state index contributed by atoms with van der Waals surface area (Å²) in [6, 6.07) is 6.58. The molecule has 4 rings (SSSR count). The molecule has 2 aromatic heterocycles. The SMILES string of the molecule is COC(=O)c1sc2cc(NC(=S)NCCCn3nc(C(F)(F)F)cc3C3CC3)ccc2c1Cl. The zero-order chi connectivity index (χ0) is 23.8. The molecule has 0 unspecified atom stereocenters. The number of nitrogens with zero attached hydrogens (tertiary/aromatic N) is 2. The number of benzene rings is 1. The quantitative estimate of drug-likeness (QED) is 0.235. The standard InChI is InChI=1S/C21H20ClF3N4O2S2/c1-31-19(30)18-17(22)13-6-5-12(9-15(13)33-18)27-20(32)26-7-2-8-29-14(11-3-4-11)10-16(28-29)21(23,24)25/h5-6,9-11H,2-4,7-8H2,1H3,(H2,26,27,32). The van der Waals surface area contributed by atoms with Gasteiger partial charge >= 0.3 is 12.1 Å². The number of nitrogens with one attached hydrogen (secondary N) is 2. The van der Waals surface area contributed by atoms with Crippen LogP contribution in [-0.4, -0.2) is 34.5 Å². The molecule has 1 aliphatic carbocycles. The summed E-state index contributed by atoms with van der Waals surface area (Å²) >= 11 is 12.8. The summed E-state index contributed by atoms with van der Waals surface area (Å²) in [6.07, 6.45) is -2.08. The van der Waals surface area contributed by atoms with E-state index in [1.165, 1.54) is 23.1 Å². The van der Waals surface area contributed by atoms with Crippen molar-refractivity contribution in [2.45, 2.75) is 37.9 Å². The number of carbonyl (C=O) groups is 1. The maximum atomic E-state index is 13.0. The number of aryl methyl sites for hydroxylation is 1. The Bertz CT molecular complexity index is 1200. The summed E-state index contributed by atoms with van der Waals surface area (Å²) in [5.74, 6) is -0.318. The molecule has 1 aliphatic rings. The van der Waals surface area contributed by atoms with Crippen LogP contribution in [0.4, 0.5) is 18.9 Å². The lowest BCUT2D eigenvalue weighted by Gasteiger charge is -2.11. The fourth-order valence-corrected chi connectivity index (χ4v) is 5.12. The minimum atomic E-state index is -4.44. The Morgan fingerprint density at radius 1 is 1.36 bits per heavy atom. The van der Waals surface area contributed by atoms with Crippen LogP contribution in [-0.2, 0) is 17.5 Å². The van der Waals surface area contributed by atoms with Gasteiger partial charge in [0.05, 0.1) is 12.1 Å². The van der Waals surface area contributed by atoms with Gasteiger partial charge < -0.3 is 15.4 Å². The number of hydrogen-bond acceptors (Lipinski definition) is 5. The third kappa shape index (κ3) is 5.42. The van der Waals surface area contributed by atoms with Crippen LogP contribution in [0, 0.1) is 0 Å². The Hall–Kier alpha value is -2.37. The van der Waals surface area contributed by atoms with Crippen molar-refractivity contribution in [2.24, 2.45) is 0 Å². The smallest absolute Gasteiger partial charge is 0.435 e. The highest BCUT2D eigenvalue weighted by Gasteiger charge is 2.37. The highest BCUT2D eigenvalue weighted by molar-refractivity contribution is 7.80. The van der Waals surface area contributed by atoms with Crippen LogP contribution >= 0.6 is 35.2 Å². The molecule has 1 aromatic carbocycles. The van der Waals surface area contributed by atoms with Crippen LogP contribution in [0.3, 0.4) is 0 Å². The maximum Gasteiger partial charge on any atom is 0.435 e. The Kier molecular flexibility index (Phi) is 6.83. The number of carbonyl (C=O) groups excluding carboxylic acids is 1. The molecule has 0 spiro atoms. The molecule has 3 aromatic rings. The van der Waals surface area contributed by atoms with Gasteiger partial charge in [-0.05, 0) is 55.7 Å². The van der Waals surface area contributed by atoms with E-state index in [1.807, 2.05) is 6.07 Å². The van der Waals surface area contributed by atoms with E-state index < -0.39 is 17.8 Å². The van der Waals surface area contributed by atoms with E-state index in [1.54, 1.807) is 12.1 Å². The van der Waals surface area contributed by atoms with Crippen LogP contribution in [0.15, 0.2) is 24.3 Å². The van der Waals surface area contributed by atoms with E-state index in [9.17, 15) is 18.0 Å². The lowest BCUT2D eigenvalue weighted by atomic mass is 10.2. The molecule has 6 nitrogen and oxygen atoms in total. The number of alkyl halides is 3. The van der Waals surface area contributed by atoms with E-state index in [2.05, 4.69) is 15.7 Å². The van der Waals surface area contributed by atoms with Crippen LogP contribution in [0.1, 0.15) is 46.2 Å². The molecule has 0 saturated heterocycles. The van der Waals surface area contributed by atoms with Crippen LogP contribution in [0.25, 0.3) is 10.1 Å². The van der Waals surface area contributed by atoms with Crippen molar-refractivity contribution >= 4 is 62.0 Å². The predicted molar refractivity (Wildman–Crippen MR) is 126 cm³/mol. The minimum absolute atomic E-state index is 0.171. The minimum Gasteiger partial charge on any atom is -0.465 e. The molecular formula is C21H20ClF3N4O2S2. The van der Waals surface area contributed by atoms with Gasteiger partial charge in [0, 0.05) is 40.5 Å². The van der Waals surface area contributed by atoms with Crippen molar-refractivity contribution in [3.63, 3.8) is 0 Å². The second-order valence-corrected chi connectivity index (χ2v) is 9.47. The van der Waals surface area contributed by atoms with Gasteiger partial charge in [0.2, 0.25) is 0 Å². The van der Waals surface area contributed by atoms with Crippen LogP contribution < -0.4 is 10.6 Å². The van der Waals surface area contributed by atoms with Gasteiger partial charge in [0.1, 0.15) is 4.88 Å². The lowest BCUT2D eigenvalue weighted by molar-refractivity contribution is -0.141. The number of methoxy groups -OCH3 is 1. The first-order valence-electron chi connectivity index (χ1n) is 10.2. The van der Waals surface area contributed by atoms with Gasteiger partial charge in [-0.1, -0.05) is 11.6 Å². The van der Waals surface area contributed by atoms with Crippen LogP contribution in [0.5, 0.6) is 0 Å². The van der Waals surface area contributed by atoms with Gasteiger partial charge in [-0.15, -0.1) is 11.3 Å². The summed E-state index contributed by atoms with van der Waals surface area (Å²) < 4.78 is 46.0. The Balaban J connectivity index is 1.32. The van der Waals surface area contributed by atoms with Gasteiger partial charge in [-0.25, -0.2) is 4.79 Å². The fraction of sp³-hybridized carbons (Fsp3) is 0.381. The number of aromatic nitrogens is 2. The summed E-state index contributed by atoms with van der Waals surface area (Å²) in [5, 5.41) is 11.4. The second kappa shape index (κ2) is 9.47. The Morgan fingerprint density at radius 2 is 2.12 bits per heavy atom. The van der Waals surface area contributed by atoms with E-state index in [0.717, 1.165) is 29.0 Å². The molecule has 176 valence electrons. The zero-order valence-corrected chi connectivity index (χ0v) is 19.9. The molecule has 2 N–H and O–H groups in total. The Morgan fingerprint density at radius 3 is 2.79 bits per heavy atom. The van der Waals surface area contributed by atoms with Crippen LogP contribution in [0.2, 0.25) is 5.02 Å². The fourth-order valence-electron chi connectivity index (χ4n) is 3.43. The average Bonchev–Trinajstić information content (AvgIpc) is 3.43. The highest BCUT2D eigenvalue weighted by Crippen LogP contribution is 2.42. The van der Waals surface area contributed by atoms with Crippen molar-refractivity contribution < 1.29 is 22.7 Å². The summed E-state index contributed by atoms with van der Waals surface area (Å²) in [6.45, 7) is 0.837. The number of thiocarbonyl (C=S) groups is 1. The lowest BCUT2D eigenvalue weighted by Crippen LogP contribution is -2.29. The molecule has 1 saturated carbocycles. The molecule has 1 fully saturated rings. The summed E-state index contributed by atoms with van der Waals surface area (Å²) in [4.78, 5) is 12.2. The predicted octanol–water partition coefficient (Wildman–Crippen LogP) is 5.81. The molecule has 12 heteroatoms. The van der Waals surface area contributed by atoms with Crippen molar-refractivity contribution in [2.75, 3.05) is 19.0 Å². The molecule has 0 aliphatic heterocycles. The number of thiophene rings is 1. The van der Waals surface area contributed by atoms with Crippen molar-refractivity contribution in [3.8, 4) is 0 Å². The molecule has 0 radical (unpaired) electrons. The number of esters is 1. The Labute approximate surface area is 202 Å². The molecule has 0 amide bonds. The first-order chi connectivity index (χ1) is 15.7. The first-order valence-corrected chi connectivity index (χ1v) is 11.8. The third-order valence-electron chi connectivity index (χ3n) is 5.19. The van der Waals surface area contributed by atoms with E-state index in [-0.39, 0.29) is 5.92 Å². The normalized spacial score (nSPS) is 13.8. The molecule has 33 heavy (non-hydrogen) atoms. The molecule has 0 atom stereocenters. The van der Waals surface area contributed by atoms with Gasteiger partial charge in [0.25, 0.3) is 0 Å². The number of hydrogen-bond donors (Lipinski definition) is 2. The topological polar surface area (TPSA) is 68.2 Å². The number of anilines is 1. The zero-order valence-electron chi connectivity index (χ0n) is 17.5. The summed E-state index contributed by atoms with van der Waals surface area (Å²) in [5.41, 5.74) is 0.526. The third-order valence-corrected chi connectivity index (χ3v) is 7.07. The van der Waals surface area contributed by atoms with Crippen molar-refractivity contribution in [3.05, 3.63) is 45.6 Å². The summed E-state index contributed by atoms with van der Waals surface area (Å²) in [7, 11) is 1.30. The largest absolute Gasteiger partial charge is 0.465 e. The van der Waals surface area contributed by atoms with Gasteiger partial charge in [-0.3, -0.25) is 4.68 Å². The van der Waals surface area contributed by atoms with Gasteiger partial charge in [0.15, 0.2) is 10.8 Å². The monoisotopic (exact) mass is 516 g/mol. The molecule has 2 heterocycles. The van der Waals surface area contributed by atoms with E-state index in [0.29, 0.717) is 45.9 Å². The van der Waals surface area contributed by atoms with Crippen molar-refractivity contribution in [1.82, 2.24) is 15.1 Å². The van der Waals surface area contributed by atoms with E-state index in [4.69, 9.17) is 28.6 Å². The number of fused-ring (bicyclic) bond motifs is 1. The number of halogens is 4. The van der Waals surface area contributed by atoms with E-state index >= 15 is 0 Å². The molecule has 0 bridgehead atoms. The number of ether oxygens (including phenoxy) is 1. The average molecular weight is 517 g/mol. The second-order valence-electron chi connectivity index (χ2n) is 7.63. The maximum absolute atomic E-state index is 13.0. The first kappa shape index (κ1) is 23.8. The van der Waals surface area contributed by atoms with Crippen molar-refractivity contribution in [1.29, 1.82) is 0 Å². The number of rotatable bonds is 7. The van der Waals surface area contributed by atoms with Gasteiger partial charge in [-0.2, -0.15) is 18.3 Å². The molecular weight excluding hydrogens is 497 g/mol. The highest BCUT2D eigenvalue weighted by atomic mass is 35.5.